The lowest BCUT2D eigenvalue weighted by molar-refractivity contribution is 0.587. The number of nitrogens with one attached hydrogen (secondary N) is 1. The third kappa shape index (κ3) is 3.03. The van der Waals surface area contributed by atoms with Gasteiger partial charge in [-0.1, -0.05) is 13.0 Å². The minimum atomic E-state index is 0.594. The summed E-state index contributed by atoms with van der Waals surface area (Å²) in [6.45, 7) is 5.73. The standard InChI is InChI=1S/C19H21N7/c1-3-9-26-14(2)16(13-23-26)17-7-8-20-19(24-17)22-12-15-11-21-18-6-4-5-10-25(15)18/h4-8,10-11,13H,3,9,12H2,1-2H3,(H,20,22,24). The molecule has 0 saturated carbocycles. The minimum Gasteiger partial charge on any atom is -0.349 e. The third-order valence-electron chi connectivity index (χ3n) is 4.39. The molecule has 4 heterocycles. The summed E-state index contributed by atoms with van der Waals surface area (Å²) in [4.78, 5) is 13.4. The maximum Gasteiger partial charge on any atom is 0.223 e. The van der Waals surface area contributed by atoms with Crippen LogP contribution in [0.1, 0.15) is 24.7 Å². The van der Waals surface area contributed by atoms with E-state index in [9.17, 15) is 0 Å². The van der Waals surface area contributed by atoms with Gasteiger partial charge in [0.05, 0.1) is 30.3 Å². The number of aromatic nitrogens is 6. The van der Waals surface area contributed by atoms with Crippen molar-refractivity contribution in [3.63, 3.8) is 0 Å². The second kappa shape index (κ2) is 6.95. The van der Waals surface area contributed by atoms with Crippen molar-refractivity contribution >= 4 is 11.6 Å². The predicted octanol–water partition coefficient (Wildman–Crippen LogP) is 3.32. The van der Waals surface area contributed by atoms with Gasteiger partial charge in [0.15, 0.2) is 0 Å². The van der Waals surface area contributed by atoms with Crippen LogP contribution in [0, 0.1) is 6.92 Å². The van der Waals surface area contributed by atoms with Crippen LogP contribution in [-0.2, 0) is 13.1 Å². The van der Waals surface area contributed by atoms with E-state index in [-0.39, 0.29) is 0 Å². The summed E-state index contributed by atoms with van der Waals surface area (Å²) in [5, 5.41) is 7.75. The van der Waals surface area contributed by atoms with Crippen molar-refractivity contribution in [1.29, 1.82) is 0 Å². The first-order valence-electron chi connectivity index (χ1n) is 8.77. The van der Waals surface area contributed by atoms with Crippen LogP contribution in [0.15, 0.2) is 49.1 Å². The molecule has 0 atom stereocenters. The van der Waals surface area contributed by atoms with E-state index in [1.165, 1.54) is 0 Å². The van der Waals surface area contributed by atoms with Gasteiger partial charge in [-0.25, -0.2) is 15.0 Å². The number of pyridine rings is 1. The van der Waals surface area contributed by atoms with Crippen LogP contribution in [0.5, 0.6) is 0 Å². The van der Waals surface area contributed by atoms with Crippen molar-refractivity contribution in [2.45, 2.75) is 33.4 Å². The van der Waals surface area contributed by atoms with Crippen molar-refractivity contribution in [2.24, 2.45) is 0 Å². The molecule has 0 aromatic carbocycles. The van der Waals surface area contributed by atoms with Crippen molar-refractivity contribution in [3.05, 3.63) is 60.4 Å². The van der Waals surface area contributed by atoms with Gasteiger partial charge in [-0.05, 0) is 31.5 Å². The minimum absolute atomic E-state index is 0.594. The average Bonchev–Trinajstić information content (AvgIpc) is 3.25. The first kappa shape index (κ1) is 16.3. The number of anilines is 1. The Bertz CT molecular complexity index is 1030. The zero-order chi connectivity index (χ0) is 17.9. The smallest absolute Gasteiger partial charge is 0.223 e. The van der Waals surface area contributed by atoms with Crippen molar-refractivity contribution in [1.82, 2.24) is 29.1 Å². The quantitative estimate of drug-likeness (QED) is 0.579. The molecule has 26 heavy (non-hydrogen) atoms. The number of hydrogen-bond acceptors (Lipinski definition) is 5. The second-order valence-electron chi connectivity index (χ2n) is 6.16. The fourth-order valence-corrected chi connectivity index (χ4v) is 3.01. The topological polar surface area (TPSA) is 72.9 Å². The van der Waals surface area contributed by atoms with Crippen LogP contribution in [0.2, 0.25) is 0 Å². The number of imidazole rings is 1. The molecule has 0 saturated heterocycles. The van der Waals surface area contributed by atoms with Gasteiger partial charge in [-0.15, -0.1) is 0 Å². The lowest BCUT2D eigenvalue weighted by Crippen LogP contribution is -2.06. The monoisotopic (exact) mass is 347 g/mol. The molecule has 132 valence electrons. The highest BCUT2D eigenvalue weighted by Gasteiger charge is 2.11. The van der Waals surface area contributed by atoms with E-state index in [1.807, 2.05) is 47.5 Å². The highest BCUT2D eigenvalue weighted by atomic mass is 15.3. The summed E-state index contributed by atoms with van der Waals surface area (Å²) >= 11 is 0. The van der Waals surface area contributed by atoms with Crippen molar-refractivity contribution in [3.8, 4) is 11.3 Å². The van der Waals surface area contributed by atoms with Crippen LogP contribution in [0.3, 0.4) is 0 Å². The summed E-state index contributed by atoms with van der Waals surface area (Å²) in [5.74, 6) is 0.594. The molecule has 0 spiro atoms. The van der Waals surface area contributed by atoms with E-state index >= 15 is 0 Å². The summed E-state index contributed by atoms with van der Waals surface area (Å²) in [5.41, 5.74) is 5.02. The Morgan fingerprint density at radius 1 is 1.12 bits per heavy atom. The maximum absolute atomic E-state index is 4.65. The van der Waals surface area contributed by atoms with Gasteiger partial charge in [0.2, 0.25) is 5.95 Å². The maximum atomic E-state index is 4.65. The van der Waals surface area contributed by atoms with E-state index in [2.05, 4.69) is 43.6 Å². The Morgan fingerprint density at radius 3 is 2.92 bits per heavy atom. The predicted molar refractivity (Wildman–Crippen MR) is 101 cm³/mol. The van der Waals surface area contributed by atoms with Crippen LogP contribution in [0.25, 0.3) is 16.9 Å². The Hall–Kier alpha value is -3.22. The zero-order valence-corrected chi connectivity index (χ0v) is 14.9. The van der Waals surface area contributed by atoms with Gasteiger partial charge in [0, 0.05) is 30.2 Å². The molecule has 0 unspecified atom stereocenters. The summed E-state index contributed by atoms with van der Waals surface area (Å²) < 4.78 is 4.07. The van der Waals surface area contributed by atoms with Crippen LogP contribution in [0.4, 0.5) is 5.95 Å². The largest absolute Gasteiger partial charge is 0.349 e. The zero-order valence-electron chi connectivity index (χ0n) is 14.9. The molecule has 7 nitrogen and oxygen atoms in total. The highest BCUT2D eigenvalue weighted by Crippen LogP contribution is 2.22. The molecule has 0 bridgehead atoms. The van der Waals surface area contributed by atoms with Gasteiger partial charge in [0.1, 0.15) is 5.65 Å². The van der Waals surface area contributed by atoms with Crippen LogP contribution >= 0.6 is 0 Å². The van der Waals surface area contributed by atoms with E-state index in [4.69, 9.17) is 0 Å². The first-order chi connectivity index (χ1) is 12.8. The fraction of sp³-hybridized carbons (Fsp3) is 0.263. The third-order valence-corrected chi connectivity index (χ3v) is 4.39. The van der Waals surface area contributed by atoms with Gasteiger partial charge < -0.3 is 9.72 Å². The Kier molecular flexibility index (Phi) is 4.35. The number of rotatable bonds is 6. The number of fused-ring (bicyclic) bond motifs is 1. The molecule has 0 amide bonds. The average molecular weight is 347 g/mol. The highest BCUT2D eigenvalue weighted by molar-refractivity contribution is 5.61. The van der Waals surface area contributed by atoms with Gasteiger partial charge in [-0.2, -0.15) is 5.10 Å². The van der Waals surface area contributed by atoms with E-state index in [0.717, 1.165) is 41.3 Å². The Labute approximate surface area is 151 Å². The molecule has 0 aliphatic rings. The first-order valence-corrected chi connectivity index (χ1v) is 8.77. The van der Waals surface area contributed by atoms with Crippen molar-refractivity contribution < 1.29 is 0 Å². The summed E-state index contributed by atoms with van der Waals surface area (Å²) in [7, 11) is 0. The molecule has 1 N–H and O–H groups in total. The lowest BCUT2D eigenvalue weighted by Gasteiger charge is -2.07. The fourth-order valence-electron chi connectivity index (χ4n) is 3.01. The van der Waals surface area contributed by atoms with Crippen LogP contribution in [-0.4, -0.2) is 29.1 Å². The number of hydrogen-bond donors (Lipinski definition) is 1. The Balaban J connectivity index is 1.54. The molecular formula is C19H21N7. The molecule has 4 rings (SSSR count). The molecule has 0 fully saturated rings. The molecule has 4 aromatic rings. The molecule has 0 aliphatic heterocycles. The van der Waals surface area contributed by atoms with Gasteiger partial charge >= 0.3 is 0 Å². The molecular weight excluding hydrogens is 326 g/mol. The molecule has 0 aliphatic carbocycles. The van der Waals surface area contributed by atoms with E-state index in [0.29, 0.717) is 12.5 Å². The summed E-state index contributed by atoms with van der Waals surface area (Å²) in [6.07, 6.45) is 8.57. The van der Waals surface area contributed by atoms with Crippen LogP contribution < -0.4 is 5.32 Å². The number of nitrogens with zero attached hydrogens (tertiary/aromatic N) is 6. The molecule has 4 aromatic heterocycles. The summed E-state index contributed by atoms with van der Waals surface area (Å²) in [6, 6.07) is 7.87. The molecule has 7 heteroatoms. The van der Waals surface area contributed by atoms with Crippen molar-refractivity contribution in [2.75, 3.05) is 5.32 Å². The second-order valence-corrected chi connectivity index (χ2v) is 6.16. The van der Waals surface area contributed by atoms with E-state index < -0.39 is 0 Å². The lowest BCUT2D eigenvalue weighted by atomic mass is 10.2. The van der Waals surface area contributed by atoms with Gasteiger partial charge in [-0.3, -0.25) is 4.68 Å². The SMILES string of the molecule is CCCn1ncc(-c2ccnc(NCc3cnc4ccccn34)n2)c1C. The molecule has 0 radical (unpaired) electrons. The van der Waals surface area contributed by atoms with E-state index in [1.54, 1.807) is 6.20 Å². The number of aryl methyl sites for hydroxylation is 1. The van der Waals surface area contributed by atoms with Gasteiger partial charge in [0.25, 0.3) is 0 Å². The normalized spacial score (nSPS) is 11.2. The Morgan fingerprint density at radius 2 is 2.04 bits per heavy atom.